The standard InChI is InChI=1S/C16H16BrF2N/c1-11(15-10-13(17)5-6-16(15)19)20-8-7-12-3-2-4-14(18)9-12/h2-6,9-11,20H,7-8H2,1H3. The van der Waals surface area contributed by atoms with Gasteiger partial charge in [-0.3, -0.25) is 0 Å². The molecule has 0 radical (unpaired) electrons. The molecular weight excluding hydrogens is 324 g/mol. The van der Waals surface area contributed by atoms with Gasteiger partial charge in [0.25, 0.3) is 0 Å². The van der Waals surface area contributed by atoms with E-state index in [1.807, 2.05) is 13.0 Å². The van der Waals surface area contributed by atoms with Gasteiger partial charge in [-0.2, -0.15) is 0 Å². The first-order chi connectivity index (χ1) is 9.56. The van der Waals surface area contributed by atoms with Crippen molar-refractivity contribution in [3.05, 3.63) is 69.7 Å². The molecule has 0 aliphatic heterocycles. The van der Waals surface area contributed by atoms with Gasteiger partial charge < -0.3 is 5.32 Å². The number of hydrogen-bond acceptors (Lipinski definition) is 1. The van der Waals surface area contributed by atoms with E-state index in [1.54, 1.807) is 18.2 Å². The van der Waals surface area contributed by atoms with Crippen molar-refractivity contribution in [3.63, 3.8) is 0 Å². The van der Waals surface area contributed by atoms with Crippen molar-refractivity contribution in [3.8, 4) is 0 Å². The maximum absolute atomic E-state index is 13.7. The molecular formula is C16H16BrF2N. The molecule has 0 aromatic heterocycles. The summed E-state index contributed by atoms with van der Waals surface area (Å²) in [5.41, 5.74) is 1.55. The molecule has 2 rings (SSSR count). The Morgan fingerprint density at radius 3 is 2.70 bits per heavy atom. The van der Waals surface area contributed by atoms with E-state index in [2.05, 4.69) is 21.2 Å². The number of rotatable bonds is 5. The third-order valence-electron chi connectivity index (χ3n) is 3.18. The highest BCUT2D eigenvalue weighted by Crippen LogP contribution is 2.21. The largest absolute Gasteiger partial charge is 0.310 e. The molecule has 0 aliphatic rings. The summed E-state index contributed by atoms with van der Waals surface area (Å²) in [6, 6.07) is 11.3. The zero-order valence-electron chi connectivity index (χ0n) is 11.2. The molecule has 0 spiro atoms. The van der Waals surface area contributed by atoms with Crippen molar-refractivity contribution in [1.82, 2.24) is 5.32 Å². The van der Waals surface area contributed by atoms with E-state index < -0.39 is 0 Å². The molecule has 0 heterocycles. The predicted molar refractivity (Wildman–Crippen MR) is 80.6 cm³/mol. The van der Waals surface area contributed by atoms with Crippen LogP contribution in [0.3, 0.4) is 0 Å². The molecule has 1 atom stereocenters. The molecule has 0 amide bonds. The second-order valence-electron chi connectivity index (χ2n) is 4.72. The molecule has 0 fully saturated rings. The van der Waals surface area contributed by atoms with E-state index in [-0.39, 0.29) is 17.7 Å². The van der Waals surface area contributed by atoms with Crippen LogP contribution in [0.1, 0.15) is 24.1 Å². The number of hydrogen-bond donors (Lipinski definition) is 1. The summed E-state index contributed by atoms with van der Waals surface area (Å²) in [4.78, 5) is 0. The summed E-state index contributed by atoms with van der Waals surface area (Å²) in [6.07, 6.45) is 0.706. The van der Waals surface area contributed by atoms with Crippen LogP contribution >= 0.6 is 15.9 Å². The molecule has 1 unspecified atom stereocenters. The molecule has 1 nitrogen and oxygen atoms in total. The smallest absolute Gasteiger partial charge is 0.128 e. The summed E-state index contributed by atoms with van der Waals surface area (Å²) in [6.45, 7) is 2.58. The lowest BCUT2D eigenvalue weighted by Crippen LogP contribution is -2.22. The molecule has 106 valence electrons. The van der Waals surface area contributed by atoms with Crippen LogP contribution in [0.15, 0.2) is 46.9 Å². The Bertz CT molecular complexity index is 586. The number of halogens is 3. The number of nitrogens with one attached hydrogen (secondary N) is 1. The summed E-state index contributed by atoms with van der Waals surface area (Å²) < 4.78 is 27.6. The summed E-state index contributed by atoms with van der Waals surface area (Å²) in [5, 5.41) is 3.25. The van der Waals surface area contributed by atoms with Crippen LogP contribution in [-0.4, -0.2) is 6.54 Å². The highest BCUT2D eigenvalue weighted by Gasteiger charge is 2.10. The lowest BCUT2D eigenvalue weighted by molar-refractivity contribution is 0.530. The molecule has 20 heavy (non-hydrogen) atoms. The molecule has 1 N–H and O–H groups in total. The van der Waals surface area contributed by atoms with Crippen LogP contribution < -0.4 is 5.32 Å². The third kappa shape index (κ3) is 4.12. The van der Waals surface area contributed by atoms with Crippen LogP contribution in [-0.2, 0) is 6.42 Å². The van der Waals surface area contributed by atoms with Crippen molar-refractivity contribution < 1.29 is 8.78 Å². The topological polar surface area (TPSA) is 12.0 Å². The number of benzene rings is 2. The maximum Gasteiger partial charge on any atom is 0.128 e. The minimum absolute atomic E-state index is 0.0962. The SMILES string of the molecule is CC(NCCc1cccc(F)c1)c1cc(Br)ccc1F. The van der Waals surface area contributed by atoms with Gasteiger partial charge in [-0.15, -0.1) is 0 Å². The molecule has 2 aromatic carbocycles. The van der Waals surface area contributed by atoms with Crippen molar-refractivity contribution in [2.45, 2.75) is 19.4 Å². The van der Waals surface area contributed by atoms with E-state index in [1.165, 1.54) is 18.2 Å². The van der Waals surface area contributed by atoms with Crippen molar-refractivity contribution >= 4 is 15.9 Å². The van der Waals surface area contributed by atoms with Gasteiger partial charge in [-0.05, 0) is 55.8 Å². The Labute approximate surface area is 126 Å². The lowest BCUT2D eigenvalue weighted by atomic mass is 10.1. The van der Waals surface area contributed by atoms with E-state index >= 15 is 0 Å². The lowest BCUT2D eigenvalue weighted by Gasteiger charge is -2.15. The highest BCUT2D eigenvalue weighted by molar-refractivity contribution is 9.10. The molecule has 0 aliphatic carbocycles. The Morgan fingerprint density at radius 1 is 1.15 bits per heavy atom. The predicted octanol–water partition coefficient (Wildman–Crippen LogP) is 4.62. The van der Waals surface area contributed by atoms with Gasteiger partial charge in [-0.1, -0.05) is 28.1 Å². The second-order valence-corrected chi connectivity index (χ2v) is 5.64. The molecule has 4 heteroatoms. The fraction of sp³-hybridized carbons (Fsp3) is 0.250. The molecule has 0 bridgehead atoms. The van der Waals surface area contributed by atoms with Crippen LogP contribution in [0.5, 0.6) is 0 Å². The molecule has 0 saturated heterocycles. The van der Waals surface area contributed by atoms with E-state index in [9.17, 15) is 8.78 Å². The van der Waals surface area contributed by atoms with E-state index in [0.717, 1.165) is 10.0 Å². The minimum Gasteiger partial charge on any atom is -0.310 e. The fourth-order valence-electron chi connectivity index (χ4n) is 2.08. The Morgan fingerprint density at radius 2 is 1.95 bits per heavy atom. The Balaban J connectivity index is 1.92. The van der Waals surface area contributed by atoms with Crippen molar-refractivity contribution in [1.29, 1.82) is 0 Å². The van der Waals surface area contributed by atoms with E-state index in [0.29, 0.717) is 18.5 Å². The van der Waals surface area contributed by atoms with Gasteiger partial charge in [0.15, 0.2) is 0 Å². The molecule has 0 saturated carbocycles. The van der Waals surface area contributed by atoms with Gasteiger partial charge in [0.2, 0.25) is 0 Å². The fourth-order valence-corrected chi connectivity index (χ4v) is 2.46. The van der Waals surface area contributed by atoms with Gasteiger partial charge in [-0.25, -0.2) is 8.78 Å². The maximum atomic E-state index is 13.7. The molecule has 2 aromatic rings. The quantitative estimate of drug-likeness (QED) is 0.837. The first-order valence-electron chi connectivity index (χ1n) is 6.49. The zero-order valence-corrected chi connectivity index (χ0v) is 12.8. The first kappa shape index (κ1) is 15.1. The zero-order chi connectivity index (χ0) is 14.5. The van der Waals surface area contributed by atoms with Gasteiger partial charge >= 0.3 is 0 Å². The normalized spacial score (nSPS) is 12.4. The Kier molecular flexibility index (Phi) is 5.26. The van der Waals surface area contributed by atoms with Gasteiger partial charge in [0.05, 0.1) is 0 Å². The first-order valence-corrected chi connectivity index (χ1v) is 7.28. The van der Waals surface area contributed by atoms with E-state index in [4.69, 9.17) is 0 Å². The van der Waals surface area contributed by atoms with Crippen molar-refractivity contribution in [2.24, 2.45) is 0 Å². The minimum atomic E-state index is -0.228. The third-order valence-corrected chi connectivity index (χ3v) is 3.67. The average molecular weight is 340 g/mol. The van der Waals surface area contributed by atoms with Gasteiger partial charge in [0, 0.05) is 16.1 Å². The van der Waals surface area contributed by atoms with Crippen LogP contribution in [0.4, 0.5) is 8.78 Å². The summed E-state index contributed by atoms with van der Waals surface area (Å²) in [5.74, 6) is -0.451. The van der Waals surface area contributed by atoms with Crippen LogP contribution in [0.2, 0.25) is 0 Å². The highest BCUT2D eigenvalue weighted by atomic mass is 79.9. The van der Waals surface area contributed by atoms with Crippen LogP contribution in [0.25, 0.3) is 0 Å². The second kappa shape index (κ2) is 6.95. The Hall–Kier alpha value is -1.26. The van der Waals surface area contributed by atoms with Crippen molar-refractivity contribution in [2.75, 3.05) is 6.54 Å². The van der Waals surface area contributed by atoms with Crippen LogP contribution in [0, 0.1) is 11.6 Å². The summed E-state index contributed by atoms with van der Waals surface area (Å²) >= 11 is 3.34. The average Bonchev–Trinajstić information content (AvgIpc) is 2.41. The summed E-state index contributed by atoms with van der Waals surface area (Å²) in [7, 11) is 0. The monoisotopic (exact) mass is 339 g/mol. The van der Waals surface area contributed by atoms with Gasteiger partial charge in [0.1, 0.15) is 11.6 Å².